The molecule has 4 nitrogen and oxygen atoms in total. The number of benzene rings is 3. The van der Waals surface area contributed by atoms with Gasteiger partial charge in [-0.1, -0.05) is 59.9 Å². The first-order valence-electron chi connectivity index (χ1n) is 16.6. The predicted octanol–water partition coefficient (Wildman–Crippen LogP) is 8.04. The summed E-state index contributed by atoms with van der Waals surface area (Å²) in [5.41, 5.74) is 4.69. The number of fused-ring (bicyclic) bond motifs is 3. The summed E-state index contributed by atoms with van der Waals surface area (Å²) in [5.74, 6) is 0.857. The molecule has 0 spiro atoms. The van der Waals surface area contributed by atoms with Gasteiger partial charge in [0.1, 0.15) is 0 Å². The second-order valence-corrected chi connectivity index (χ2v) is 13.1. The van der Waals surface area contributed by atoms with Crippen molar-refractivity contribution in [1.82, 2.24) is 9.97 Å². The van der Waals surface area contributed by atoms with Gasteiger partial charge in [-0.3, -0.25) is 0 Å². The molecular formula is C34H29IrN3OSi-2. The van der Waals surface area contributed by atoms with E-state index < -0.39 is 28.9 Å². The average molecular weight is 725 g/mol. The van der Waals surface area contributed by atoms with Crippen LogP contribution in [0.15, 0.2) is 85.2 Å². The van der Waals surface area contributed by atoms with Gasteiger partial charge in [0.15, 0.2) is 5.69 Å². The molecule has 201 valence electrons. The summed E-state index contributed by atoms with van der Waals surface area (Å²) < 4.78 is 73.4. The Kier molecular flexibility index (Phi) is 5.82. The van der Waals surface area contributed by atoms with Crippen molar-refractivity contribution in [2.45, 2.75) is 33.6 Å². The van der Waals surface area contributed by atoms with Gasteiger partial charge in [-0.25, -0.2) is 4.85 Å². The van der Waals surface area contributed by atoms with Crippen LogP contribution in [0.2, 0.25) is 13.1 Å². The van der Waals surface area contributed by atoms with Crippen LogP contribution in [0.1, 0.15) is 29.0 Å². The van der Waals surface area contributed by atoms with E-state index in [-0.39, 0.29) is 42.5 Å². The fourth-order valence-electron chi connectivity index (χ4n) is 4.33. The largest absolute Gasteiger partial charge is 0.583 e. The Labute approximate surface area is 264 Å². The standard InChI is InChI=1S/C20H15N2OSi.C14H14N.Ir/c1-21-14-10-11-15-16-7-6-8-17(18-9-4-5-12-22-18)20(16)23-24(2,3)19(15)13-14;1-10-4-6-13(7-5-10)14-8-11(2)12(3)9-15-14;/h4-7,9-13H,2-3H3;4-6,8-9H,1-3H3;/q2*-1;/i;1D3,2D3,3D3;. The van der Waals surface area contributed by atoms with Crippen molar-refractivity contribution in [3.63, 3.8) is 0 Å². The monoisotopic (exact) mass is 725 g/mol. The quantitative estimate of drug-likeness (QED) is 0.137. The van der Waals surface area contributed by atoms with Crippen molar-refractivity contribution >= 4 is 19.2 Å². The van der Waals surface area contributed by atoms with Crippen LogP contribution in [0.5, 0.6) is 5.75 Å². The number of pyridine rings is 2. The summed E-state index contributed by atoms with van der Waals surface area (Å²) in [6.45, 7) is 4.13. The minimum atomic E-state index is -2.61. The van der Waals surface area contributed by atoms with Crippen LogP contribution in [-0.2, 0) is 20.1 Å². The molecule has 1 aliphatic rings. The molecule has 5 aromatic rings. The molecule has 6 heteroatoms. The third kappa shape index (κ3) is 5.98. The third-order valence-electron chi connectivity index (χ3n) is 6.29. The molecule has 1 aliphatic heterocycles. The molecule has 0 unspecified atom stereocenters. The number of rotatable bonds is 2. The molecule has 0 atom stereocenters. The average Bonchev–Trinajstić information content (AvgIpc) is 3.03. The van der Waals surface area contributed by atoms with E-state index in [1.807, 2.05) is 48.5 Å². The molecule has 0 aliphatic carbocycles. The number of hydrogen-bond donors (Lipinski definition) is 0. The van der Waals surface area contributed by atoms with Gasteiger partial charge in [-0.15, -0.1) is 53.6 Å². The van der Waals surface area contributed by atoms with E-state index in [9.17, 15) is 0 Å². The summed E-state index contributed by atoms with van der Waals surface area (Å²) in [6.07, 6.45) is 2.81. The molecule has 3 aromatic carbocycles. The number of hydrogen-bond acceptors (Lipinski definition) is 3. The Morgan fingerprint density at radius 1 is 0.900 bits per heavy atom. The summed E-state index contributed by atoms with van der Waals surface area (Å²) in [7, 11) is -2.17. The SMILES string of the molecule is [2H]C([2H])([2H])c1c[c-]c(-c2cc(C([2H])([2H])[2H])c(C([2H])([2H])[2H])cn2)cc1.[C-]#[N+]c1ccc2c(c1)[Si](C)(C)Oc1c(-c3ccccn3)[c-]ccc1-2.[Ir]. The van der Waals surface area contributed by atoms with Crippen LogP contribution in [0.3, 0.4) is 0 Å². The van der Waals surface area contributed by atoms with Crippen LogP contribution >= 0.6 is 0 Å². The molecule has 40 heavy (non-hydrogen) atoms. The van der Waals surface area contributed by atoms with Crippen molar-refractivity contribution < 1.29 is 36.9 Å². The molecule has 0 saturated carbocycles. The number of aryl methyl sites for hydroxylation is 3. The van der Waals surface area contributed by atoms with Crippen molar-refractivity contribution in [2.75, 3.05) is 0 Å². The van der Waals surface area contributed by atoms with Crippen LogP contribution in [0.4, 0.5) is 5.69 Å². The first kappa shape index (κ1) is 19.2. The molecule has 0 amide bonds. The van der Waals surface area contributed by atoms with Crippen molar-refractivity contribution in [3.8, 4) is 39.4 Å². The van der Waals surface area contributed by atoms with Crippen molar-refractivity contribution in [2.24, 2.45) is 0 Å². The predicted molar refractivity (Wildman–Crippen MR) is 161 cm³/mol. The maximum Gasteiger partial charge on any atom is 0.263 e. The maximum atomic E-state index is 7.54. The van der Waals surface area contributed by atoms with E-state index in [4.69, 9.17) is 23.3 Å². The minimum absolute atomic E-state index is 0. The minimum Gasteiger partial charge on any atom is -0.583 e. The van der Waals surface area contributed by atoms with Crippen LogP contribution < -0.4 is 9.61 Å². The first-order chi connectivity index (χ1) is 22.4. The van der Waals surface area contributed by atoms with Gasteiger partial charge in [0.05, 0.1) is 6.57 Å². The molecule has 6 rings (SSSR count). The van der Waals surface area contributed by atoms with Gasteiger partial charge >= 0.3 is 0 Å². The van der Waals surface area contributed by atoms with E-state index in [1.165, 1.54) is 29.5 Å². The Balaban J connectivity index is 0.000000216. The third-order valence-corrected chi connectivity index (χ3v) is 8.72. The van der Waals surface area contributed by atoms with Gasteiger partial charge in [0.2, 0.25) is 0 Å². The molecule has 0 saturated heterocycles. The van der Waals surface area contributed by atoms with Gasteiger partial charge in [-0.05, 0) is 60.6 Å². The van der Waals surface area contributed by atoms with E-state index in [1.54, 1.807) is 6.20 Å². The van der Waals surface area contributed by atoms with Gasteiger partial charge < -0.3 is 14.4 Å². The number of aromatic nitrogens is 2. The zero-order valence-corrected chi connectivity index (χ0v) is 25.1. The van der Waals surface area contributed by atoms with Gasteiger partial charge in [0.25, 0.3) is 8.32 Å². The second-order valence-electron chi connectivity index (χ2n) is 9.37. The second kappa shape index (κ2) is 12.1. The fraction of sp³-hybridized carbons (Fsp3) is 0.147. The van der Waals surface area contributed by atoms with Crippen molar-refractivity contribution in [1.29, 1.82) is 0 Å². The van der Waals surface area contributed by atoms with Gasteiger partial charge in [0, 0.05) is 50.6 Å². The van der Waals surface area contributed by atoms with Gasteiger partial charge in [-0.2, -0.15) is 0 Å². The normalized spacial score (nSPS) is 16.6. The zero-order valence-electron chi connectivity index (χ0n) is 30.7. The van der Waals surface area contributed by atoms with Crippen LogP contribution in [-0.4, -0.2) is 18.3 Å². The Morgan fingerprint density at radius 2 is 1.77 bits per heavy atom. The summed E-state index contributed by atoms with van der Waals surface area (Å²) in [5, 5.41) is 1.17. The molecule has 0 fully saturated rings. The van der Waals surface area contributed by atoms with E-state index in [0.29, 0.717) is 11.3 Å². The molecular weight excluding hydrogens is 687 g/mol. The number of nitrogens with zero attached hydrogens (tertiary/aromatic N) is 3. The molecule has 2 aromatic heterocycles. The molecule has 0 N–H and O–H groups in total. The Bertz CT molecular complexity index is 2010. The van der Waals surface area contributed by atoms with E-state index in [0.717, 1.165) is 34.3 Å². The Morgan fingerprint density at radius 3 is 2.48 bits per heavy atom. The molecule has 3 heterocycles. The topological polar surface area (TPSA) is 39.4 Å². The summed E-state index contributed by atoms with van der Waals surface area (Å²) in [6, 6.07) is 27.1. The maximum absolute atomic E-state index is 7.54. The van der Waals surface area contributed by atoms with E-state index in [2.05, 4.69) is 40.0 Å². The van der Waals surface area contributed by atoms with Crippen LogP contribution in [0, 0.1) is 39.3 Å². The molecule has 1 radical (unpaired) electrons. The molecule has 0 bridgehead atoms. The smallest absolute Gasteiger partial charge is 0.263 e. The van der Waals surface area contributed by atoms with Crippen molar-refractivity contribution in [3.05, 3.63) is 125 Å². The zero-order chi connectivity index (χ0) is 35.1. The van der Waals surface area contributed by atoms with Crippen LogP contribution in [0.25, 0.3) is 38.5 Å². The fourth-order valence-corrected chi connectivity index (χ4v) is 6.53. The first-order valence-corrected chi connectivity index (χ1v) is 15.0. The van der Waals surface area contributed by atoms with E-state index >= 15 is 0 Å². The Hall–Kier alpha value is -3.88. The summed E-state index contributed by atoms with van der Waals surface area (Å²) >= 11 is 0. The summed E-state index contributed by atoms with van der Waals surface area (Å²) in [4.78, 5) is 12.0.